The second-order valence-electron chi connectivity index (χ2n) is 23.1. The Hall–Kier alpha value is -8.08. The van der Waals surface area contributed by atoms with Gasteiger partial charge >= 0.3 is 0 Å². The standard InChI is InChI=1S/C76H78N4/c1-55-15-11-23-73(51-55)79(74-24-12-16-56(2)52-74)71-47-35-63(36-48-71)61-31-43-69(44-32-61)77(65-19-7-5-8-20-65)67-39-27-59(28-40-67)60-29-41-68(42-30-60)78(66-21-9-6-10-22-66)70-45-33-62(34-46-70)64-37-49-72(50-38-64)80(75-25-13-17-57(3)53-75)76-26-14-18-58(4)54-76/h5-9,11-13,15-21,23-25,27-30,33,35,37-41,43,45,49-54,61,68,71H,10,14,22,26,31-32,34,36,42,44,46-48H2,1-4H3. The largest absolute Gasteiger partial charge is 0.342 e. The number of benzene rings is 6. The molecule has 0 fully saturated rings. The maximum atomic E-state index is 2.66. The quantitative estimate of drug-likeness (QED) is 0.0950. The summed E-state index contributed by atoms with van der Waals surface area (Å²) in [6.45, 7) is 8.81. The fourth-order valence-corrected chi connectivity index (χ4v) is 13.4. The highest BCUT2D eigenvalue weighted by molar-refractivity contribution is 5.79. The van der Waals surface area contributed by atoms with E-state index in [0.717, 1.165) is 70.6 Å². The Bertz CT molecular complexity index is 3490. The number of hydrogen-bond donors (Lipinski definition) is 0. The van der Waals surface area contributed by atoms with Gasteiger partial charge in [0.25, 0.3) is 0 Å². The van der Waals surface area contributed by atoms with Gasteiger partial charge in [-0.15, -0.1) is 0 Å². The van der Waals surface area contributed by atoms with E-state index in [-0.39, 0.29) is 6.04 Å². The molecule has 4 heteroatoms. The molecule has 4 nitrogen and oxygen atoms in total. The van der Waals surface area contributed by atoms with Gasteiger partial charge in [0.05, 0.1) is 6.04 Å². The summed E-state index contributed by atoms with van der Waals surface area (Å²) < 4.78 is 0. The summed E-state index contributed by atoms with van der Waals surface area (Å²) in [5.74, 6) is 0.599. The predicted octanol–water partition coefficient (Wildman–Crippen LogP) is 20.5. The van der Waals surface area contributed by atoms with Crippen LogP contribution in [0.5, 0.6) is 0 Å². The minimum absolute atomic E-state index is 0.268. The molecule has 0 radical (unpaired) electrons. The molecule has 80 heavy (non-hydrogen) atoms. The van der Waals surface area contributed by atoms with Crippen molar-refractivity contribution >= 4 is 45.3 Å². The van der Waals surface area contributed by atoms with Crippen molar-refractivity contribution < 1.29 is 0 Å². The fraction of sp³-hybridized carbons (Fsp3) is 0.263. The number of para-hydroxylation sites is 1. The first-order valence-electron chi connectivity index (χ1n) is 29.8. The van der Waals surface area contributed by atoms with E-state index >= 15 is 0 Å². The van der Waals surface area contributed by atoms with Crippen LogP contribution in [0.4, 0.5) is 34.1 Å². The van der Waals surface area contributed by atoms with E-state index in [9.17, 15) is 0 Å². The molecule has 0 bridgehead atoms. The van der Waals surface area contributed by atoms with Crippen LogP contribution in [0.3, 0.4) is 0 Å². The lowest BCUT2D eigenvalue weighted by atomic mass is 9.79. The third-order valence-electron chi connectivity index (χ3n) is 17.5. The van der Waals surface area contributed by atoms with Crippen LogP contribution in [0.25, 0.3) is 11.1 Å². The summed E-state index contributed by atoms with van der Waals surface area (Å²) in [7, 11) is 0. The van der Waals surface area contributed by atoms with Gasteiger partial charge in [-0.3, -0.25) is 0 Å². The Morgan fingerprint density at radius 2 is 1.06 bits per heavy atom. The van der Waals surface area contributed by atoms with Gasteiger partial charge in [0, 0.05) is 63.0 Å². The SMILES string of the molecule is CC1=CCCC(N(c2ccc(C3=CC=C(N(C4=CC=CCC4)C4C=CC(c5ccc(N(C6=CCC(C7=CCC(N(c8cccc(C)c8)c8cccc(C)c8)CC7)CC6)c6ccccc6)cc5)=CC4)CC3)cc2)c2cccc(C)c2)=C1. The molecule has 0 aliphatic heterocycles. The zero-order valence-corrected chi connectivity index (χ0v) is 47.6. The van der Waals surface area contributed by atoms with Crippen molar-refractivity contribution in [2.75, 3.05) is 14.7 Å². The third kappa shape index (κ3) is 11.8. The normalized spacial score (nSPS) is 20.0. The number of allylic oxidation sites excluding steroid dienone is 17. The summed E-state index contributed by atoms with van der Waals surface area (Å²) in [5.41, 5.74) is 25.2. The third-order valence-corrected chi connectivity index (χ3v) is 17.5. The van der Waals surface area contributed by atoms with Crippen LogP contribution >= 0.6 is 0 Å². The van der Waals surface area contributed by atoms with Gasteiger partial charge in [-0.1, -0.05) is 145 Å². The first-order chi connectivity index (χ1) is 39.3. The van der Waals surface area contributed by atoms with Crippen LogP contribution in [0.2, 0.25) is 0 Å². The second kappa shape index (κ2) is 24.1. The molecule has 12 rings (SSSR count). The van der Waals surface area contributed by atoms with Gasteiger partial charge in [-0.25, -0.2) is 0 Å². The molecular weight excluding hydrogens is 969 g/mol. The van der Waals surface area contributed by atoms with E-state index in [2.05, 4.69) is 272 Å². The molecule has 0 heterocycles. The maximum Gasteiger partial charge on any atom is 0.0554 e. The van der Waals surface area contributed by atoms with Crippen molar-refractivity contribution in [1.29, 1.82) is 0 Å². The topological polar surface area (TPSA) is 13.0 Å². The second-order valence-corrected chi connectivity index (χ2v) is 23.1. The smallest absolute Gasteiger partial charge is 0.0554 e. The van der Waals surface area contributed by atoms with E-state index in [4.69, 9.17) is 0 Å². The molecule has 3 atom stereocenters. The molecular formula is C76H78N4. The predicted molar refractivity (Wildman–Crippen MR) is 341 cm³/mol. The monoisotopic (exact) mass is 1050 g/mol. The van der Waals surface area contributed by atoms with E-state index in [1.807, 2.05) is 0 Å². The molecule has 3 unspecified atom stereocenters. The minimum atomic E-state index is 0.268. The highest BCUT2D eigenvalue weighted by Gasteiger charge is 2.30. The van der Waals surface area contributed by atoms with E-state index in [1.165, 1.54) is 114 Å². The van der Waals surface area contributed by atoms with Crippen molar-refractivity contribution in [1.82, 2.24) is 4.90 Å². The Morgan fingerprint density at radius 3 is 1.65 bits per heavy atom. The Balaban J connectivity index is 0.725. The summed E-state index contributed by atoms with van der Waals surface area (Å²) in [6, 6.07) is 57.4. The first-order valence-corrected chi connectivity index (χ1v) is 29.8. The van der Waals surface area contributed by atoms with Gasteiger partial charge in [0.2, 0.25) is 0 Å². The lowest BCUT2D eigenvalue weighted by Crippen LogP contribution is -2.34. The Labute approximate surface area is 477 Å². The van der Waals surface area contributed by atoms with Crippen LogP contribution in [-0.2, 0) is 0 Å². The van der Waals surface area contributed by atoms with Crippen molar-refractivity contribution in [3.63, 3.8) is 0 Å². The lowest BCUT2D eigenvalue weighted by molar-refractivity contribution is 0.337. The fourth-order valence-electron chi connectivity index (χ4n) is 13.4. The first kappa shape index (κ1) is 52.6. The number of nitrogens with zero attached hydrogens (tertiary/aromatic N) is 4. The minimum Gasteiger partial charge on any atom is -0.342 e. The van der Waals surface area contributed by atoms with Gasteiger partial charge in [0.1, 0.15) is 0 Å². The number of hydrogen-bond acceptors (Lipinski definition) is 4. The van der Waals surface area contributed by atoms with Crippen LogP contribution in [-0.4, -0.2) is 17.0 Å². The number of aryl methyl sites for hydroxylation is 3. The van der Waals surface area contributed by atoms with Crippen molar-refractivity contribution in [2.45, 2.75) is 123 Å². The highest BCUT2D eigenvalue weighted by Crippen LogP contribution is 2.44. The zero-order valence-electron chi connectivity index (χ0n) is 47.6. The van der Waals surface area contributed by atoms with Crippen molar-refractivity contribution in [3.8, 4) is 0 Å². The van der Waals surface area contributed by atoms with E-state index in [1.54, 1.807) is 5.57 Å². The molecule has 6 aromatic carbocycles. The molecule has 6 aliphatic carbocycles. The molecule has 0 aromatic heterocycles. The molecule has 0 N–H and O–H groups in total. The van der Waals surface area contributed by atoms with Crippen LogP contribution < -0.4 is 14.7 Å². The van der Waals surface area contributed by atoms with Crippen molar-refractivity contribution in [2.24, 2.45) is 5.92 Å². The average molecular weight is 1050 g/mol. The van der Waals surface area contributed by atoms with Gasteiger partial charge in [-0.2, -0.15) is 0 Å². The van der Waals surface area contributed by atoms with Gasteiger partial charge in [0.15, 0.2) is 0 Å². The number of anilines is 6. The highest BCUT2D eigenvalue weighted by atomic mass is 15.2. The molecule has 0 saturated heterocycles. The van der Waals surface area contributed by atoms with E-state index < -0.39 is 0 Å². The van der Waals surface area contributed by atoms with E-state index in [0.29, 0.717) is 12.0 Å². The Kier molecular flexibility index (Phi) is 15.9. The molecule has 402 valence electrons. The molecule has 6 aromatic rings. The summed E-state index contributed by atoms with van der Waals surface area (Å²) in [4.78, 5) is 10.2. The van der Waals surface area contributed by atoms with Crippen LogP contribution in [0, 0.1) is 26.7 Å². The lowest BCUT2D eigenvalue weighted by Gasteiger charge is -2.38. The van der Waals surface area contributed by atoms with Gasteiger partial charge < -0.3 is 19.6 Å². The summed E-state index contributed by atoms with van der Waals surface area (Å²) in [5, 5.41) is 0. The molecule has 0 spiro atoms. The maximum absolute atomic E-state index is 2.66. The number of rotatable bonds is 15. The zero-order chi connectivity index (χ0) is 54.4. The Morgan fingerprint density at radius 1 is 0.425 bits per heavy atom. The van der Waals surface area contributed by atoms with Gasteiger partial charge in [-0.05, 0) is 247 Å². The van der Waals surface area contributed by atoms with Crippen LogP contribution in [0.15, 0.2) is 259 Å². The molecule has 0 amide bonds. The molecule has 0 saturated carbocycles. The summed E-state index contributed by atoms with van der Waals surface area (Å²) >= 11 is 0. The average Bonchev–Trinajstić information content (AvgIpc) is 3.52. The summed E-state index contributed by atoms with van der Waals surface area (Å²) in [6.07, 6.45) is 42.9. The van der Waals surface area contributed by atoms with Crippen molar-refractivity contribution in [3.05, 3.63) is 286 Å². The van der Waals surface area contributed by atoms with Crippen LogP contribution in [0.1, 0.15) is 118 Å². The molecule has 6 aliphatic rings.